The normalized spacial score (nSPS) is 9.56. The predicted octanol–water partition coefficient (Wildman–Crippen LogP) is 2.62. The summed E-state index contributed by atoms with van der Waals surface area (Å²) in [5.74, 6) is -0.607. The van der Waals surface area contributed by atoms with E-state index < -0.39 is 5.97 Å². The van der Waals surface area contributed by atoms with Gasteiger partial charge in [-0.3, -0.25) is 4.79 Å². The van der Waals surface area contributed by atoms with Crippen LogP contribution in [-0.2, 0) is 4.74 Å². The molecule has 0 fully saturated rings. The van der Waals surface area contributed by atoms with Gasteiger partial charge in [-0.1, -0.05) is 24.3 Å². The van der Waals surface area contributed by atoms with E-state index in [1.807, 2.05) is 0 Å². The van der Waals surface area contributed by atoms with Crippen LogP contribution in [0.25, 0.3) is 0 Å². The van der Waals surface area contributed by atoms with Crippen molar-refractivity contribution in [2.75, 3.05) is 6.61 Å². The van der Waals surface area contributed by atoms with Gasteiger partial charge in [-0.05, 0) is 19.4 Å². The molecule has 0 amide bonds. The first-order valence-corrected chi connectivity index (χ1v) is 5.04. The number of carbonyl (C=O) groups excluding carboxylic acids is 2. The number of hydrogen-bond donors (Lipinski definition) is 0. The molecule has 0 aliphatic heterocycles. The van der Waals surface area contributed by atoms with E-state index in [9.17, 15) is 9.59 Å². The predicted molar refractivity (Wildman–Crippen MR) is 61.5 cm³/mol. The number of benzene rings is 1. The van der Waals surface area contributed by atoms with Crippen LogP contribution in [0.15, 0.2) is 36.9 Å². The van der Waals surface area contributed by atoms with Crippen LogP contribution >= 0.6 is 0 Å². The molecule has 0 N–H and O–H groups in total. The Morgan fingerprint density at radius 1 is 1.31 bits per heavy atom. The van der Waals surface area contributed by atoms with E-state index in [1.54, 1.807) is 30.3 Å². The minimum Gasteiger partial charge on any atom is -0.462 e. The lowest BCUT2D eigenvalue weighted by Crippen LogP contribution is -2.10. The molecule has 1 aromatic carbocycles. The highest BCUT2D eigenvalue weighted by Gasteiger charge is 2.14. The van der Waals surface area contributed by atoms with Gasteiger partial charge < -0.3 is 4.74 Å². The maximum atomic E-state index is 11.6. The first kappa shape index (κ1) is 12.2. The molecule has 84 valence electrons. The number of carbonyl (C=O) groups is 2. The summed E-state index contributed by atoms with van der Waals surface area (Å²) in [7, 11) is 0. The largest absolute Gasteiger partial charge is 0.462 e. The molecule has 0 unspecified atom stereocenters. The minimum atomic E-state index is -0.465. The molecule has 0 aromatic heterocycles. The zero-order valence-corrected chi connectivity index (χ0v) is 9.23. The molecular weight excluding hydrogens is 204 g/mol. The number of ketones is 1. The van der Waals surface area contributed by atoms with E-state index in [4.69, 9.17) is 4.74 Å². The SMILES string of the molecule is C=CCCOC(=O)c1ccccc1C(C)=O. The van der Waals surface area contributed by atoms with Crippen LogP contribution in [0.3, 0.4) is 0 Å². The lowest BCUT2D eigenvalue weighted by atomic mass is 10.0. The molecule has 16 heavy (non-hydrogen) atoms. The molecule has 0 saturated carbocycles. The number of Topliss-reactive ketones (excluding diaryl/α,β-unsaturated/α-hetero) is 1. The lowest BCUT2D eigenvalue weighted by molar-refractivity contribution is 0.0509. The molecule has 3 nitrogen and oxygen atoms in total. The van der Waals surface area contributed by atoms with Crippen molar-refractivity contribution in [2.24, 2.45) is 0 Å². The Morgan fingerprint density at radius 3 is 2.50 bits per heavy atom. The van der Waals surface area contributed by atoms with Gasteiger partial charge in [-0.15, -0.1) is 6.58 Å². The highest BCUT2D eigenvalue weighted by Crippen LogP contribution is 2.11. The molecule has 0 atom stereocenters. The van der Waals surface area contributed by atoms with E-state index in [2.05, 4.69) is 6.58 Å². The van der Waals surface area contributed by atoms with Crippen LogP contribution in [0.2, 0.25) is 0 Å². The van der Waals surface area contributed by atoms with Gasteiger partial charge in [0, 0.05) is 5.56 Å². The molecule has 0 radical (unpaired) electrons. The standard InChI is InChI=1S/C13H14O3/c1-3-4-9-16-13(15)12-8-6-5-7-11(12)10(2)14/h3,5-8H,1,4,9H2,2H3. The van der Waals surface area contributed by atoms with Crippen molar-refractivity contribution >= 4 is 11.8 Å². The second kappa shape index (κ2) is 5.85. The van der Waals surface area contributed by atoms with Gasteiger partial charge in [-0.25, -0.2) is 4.79 Å². The topological polar surface area (TPSA) is 43.4 Å². The van der Waals surface area contributed by atoms with Crippen LogP contribution in [0, 0.1) is 0 Å². The van der Waals surface area contributed by atoms with Crippen molar-refractivity contribution in [3.63, 3.8) is 0 Å². The molecule has 0 spiro atoms. The first-order chi connectivity index (χ1) is 7.66. The van der Waals surface area contributed by atoms with E-state index in [1.165, 1.54) is 6.92 Å². The van der Waals surface area contributed by atoms with E-state index in [0.717, 1.165) is 0 Å². The Hall–Kier alpha value is -1.90. The molecule has 0 heterocycles. The monoisotopic (exact) mass is 218 g/mol. The molecule has 0 saturated heterocycles. The van der Waals surface area contributed by atoms with Crippen molar-refractivity contribution in [1.82, 2.24) is 0 Å². The smallest absolute Gasteiger partial charge is 0.338 e. The molecule has 0 aliphatic rings. The van der Waals surface area contributed by atoms with Crippen LogP contribution in [0.5, 0.6) is 0 Å². The third-order valence-corrected chi connectivity index (χ3v) is 2.08. The summed E-state index contributed by atoms with van der Waals surface area (Å²) in [4.78, 5) is 22.9. The Kier molecular flexibility index (Phi) is 4.45. The highest BCUT2D eigenvalue weighted by molar-refractivity contribution is 6.05. The van der Waals surface area contributed by atoms with Gasteiger partial charge in [0.25, 0.3) is 0 Å². The fourth-order valence-electron chi connectivity index (χ4n) is 1.28. The van der Waals surface area contributed by atoms with Gasteiger partial charge in [0.1, 0.15) is 0 Å². The summed E-state index contributed by atoms with van der Waals surface area (Å²) in [5.41, 5.74) is 0.713. The summed E-state index contributed by atoms with van der Waals surface area (Å²) in [6.45, 7) is 5.24. The summed E-state index contributed by atoms with van der Waals surface area (Å²) in [6, 6.07) is 6.63. The van der Waals surface area contributed by atoms with Crippen LogP contribution < -0.4 is 0 Å². The molecule has 1 rings (SSSR count). The van der Waals surface area contributed by atoms with Gasteiger partial charge in [0.2, 0.25) is 0 Å². The zero-order valence-electron chi connectivity index (χ0n) is 9.23. The Morgan fingerprint density at radius 2 is 1.94 bits per heavy atom. The molecule has 0 bridgehead atoms. The van der Waals surface area contributed by atoms with Gasteiger partial charge >= 0.3 is 5.97 Å². The second-order valence-electron chi connectivity index (χ2n) is 3.32. The Bertz CT molecular complexity index is 407. The van der Waals surface area contributed by atoms with Crippen LogP contribution in [0.1, 0.15) is 34.1 Å². The third kappa shape index (κ3) is 3.05. The third-order valence-electron chi connectivity index (χ3n) is 2.08. The fourth-order valence-corrected chi connectivity index (χ4v) is 1.28. The Balaban J connectivity index is 2.82. The minimum absolute atomic E-state index is 0.142. The first-order valence-electron chi connectivity index (χ1n) is 5.04. The van der Waals surface area contributed by atoms with E-state index >= 15 is 0 Å². The molecule has 1 aromatic rings. The van der Waals surface area contributed by atoms with Crippen LogP contribution in [-0.4, -0.2) is 18.4 Å². The second-order valence-corrected chi connectivity index (χ2v) is 3.32. The highest BCUT2D eigenvalue weighted by atomic mass is 16.5. The lowest BCUT2D eigenvalue weighted by Gasteiger charge is -2.06. The van der Waals surface area contributed by atoms with Crippen molar-refractivity contribution < 1.29 is 14.3 Å². The van der Waals surface area contributed by atoms with Gasteiger partial charge in [0.05, 0.1) is 12.2 Å². The number of ether oxygens (including phenoxy) is 1. The van der Waals surface area contributed by atoms with Crippen molar-refractivity contribution in [1.29, 1.82) is 0 Å². The average Bonchev–Trinajstić information content (AvgIpc) is 2.29. The van der Waals surface area contributed by atoms with Crippen molar-refractivity contribution in [2.45, 2.75) is 13.3 Å². The number of esters is 1. The van der Waals surface area contributed by atoms with Crippen molar-refractivity contribution in [3.8, 4) is 0 Å². The summed E-state index contributed by atoms with van der Waals surface area (Å²) in [5, 5.41) is 0. The maximum absolute atomic E-state index is 11.6. The van der Waals surface area contributed by atoms with Gasteiger partial charge in [0.15, 0.2) is 5.78 Å². The molecule has 0 aliphatic carbocycles. The zero-order chi connectivity index (χ0) is 12.0. The quantitative estimate of drug-likeness (QED) is 0.330. The molecule has 3 heteroatoms. The van der Waals surface area contributed by atoms with E-state index in [-0.39, 0.29) is 12.4 Å². The summed E-state index contributed by atoms with van der Waals surface area (Å²) < 4.78 is 5.00. The average molecular weight is 218 g/mol. The Labute approximate surface area is 94.7 Å². The van der Waals surface area contributed by atoms with Crippen molar-refractivity contribution in [3.05, 3.63) is 48.0 Å². The number of hydrogen-bond acceptors (Lipinski definition) is 3. The maximum Gasteiger partial charge on any atom is 0.338 e. The number of rotatable bonds is 5. The summed E-state index contributed by atoms with van der Waals surface area (Å²) in [6.07, 6.45) is 2.28. The van der Waals surface area contributed by atoms with Crippen LogP contribution in [0.4, 0.5) is 0 Å². The summed E-state index contributed by atoms with van der Waals surface area (Å²) >= 11 is 0. The fraction of sp³-hybridized carbons (Fsp3) is 0.231. The van der Waals surface area contributed by atoms with Gasteiger partial charge in [-0.2, -0.15) is 0 Å². The van der Waals surface area contributed by atoms with E-state index in [0.29, 0.717) is 17.5 Å². The molecular formula is C13H14O3.